The predicted octanol–water partition coefficient (Wildman–Crippen LogP) is 3.00. The van der Waals surface area contributed by atoms with Crippen molar-refractivity contribution in [2.24, 2.45) is 23.5 Å². The first kappa shape index (κ1) is 25.2. The van der Waals surface area contributed by atoms with Crippen molar-refractivity contribution >= 4 is 30.7 Å². The molecule has 7 heteroatoms. The van der Waals surface area contributed by atoms with Crippen molar-refractivity contribution in [2.75, 3.05) is 39.3 Å². The van der Waals surface area contributed by atoms with E-state index in [1.165, 1.54) is 38.6 Å². The lowest BCUT2D eigenvalue weighted by atomic mass is 9.65. The van der Waals surface area contributed by atoms with Gasteiger partial charge in [-0.2, -0.15) is 0 Å². The number of likely N-dealkylation sites (tertiary alicyclic amines) is 1. The Kier molecular flexibility index (Phi) is 9.55. The van der Waals surface area contributed by atoms with Crippen LogP contribution in [-0.2, 0) is 4.79 Å². The van der Waals surface area contributed by atoms with Crippen LogP contribution in [0.25, 0.3) is 0 Å². The Bertz CT molecular complexity index is 505. The van der Waals surface area contributed by atoms with E-state index in [0.717, 1.165) is 57.6 Å². The summed E-state index contributed by atoms with van der Waals surface area (Å²) in [5.74, 6) is 1.87. The van der Waals surface area contributed by atoms with Gasteiger partial charge < -0.3 is 10.6 Å². The lowest BCUT2D eigenvalue weighted by Gasteiger charge is -2.45. The van der Waals surface area contributed by atoms with Crippen molar-refractivity contribution in [3.05, 3.63) is 0 Å². The summed E-state index contributed by atoms with van der Waals surface area (Å²) in [6.07, 6.45) is 8.57. The molecular formula is C22H42Cl2N4O. The number of carbonyl (C=O) groups excluding carboxylic acids is 1. The lowest BCUT2D eigenvalue weighted by molar-refractivity contribution is -0.140. The molecule has 2 saturated carbocycles. The van der Waals surface area contributed by atoms with E-state index < -0.39 is 0 Å². The average molecular weight is 450 g/mol. The van der Waals surface area contributed by atoms with Gasteiger partial charge in [0.15, 0.2) is 0 Å². The molecule has 1 amide bonds. The molecule has 2 bridgehead atoms. The topological polar surface area (TPSA) is 52.8 Å². The molecule has 4 atom stereocenters. The molecule has 4 aliphatic rings. The minimum absolute atomic E-state index is 0. The number of halogens is 2. The molecule has 4 unspecified atom stereocenters. The number of nitrogens with two attached hydrogens (primary N) is 1. The Morgan fingerprint density at radius 1 is 0.862 bits per heavy atom. The molecule has 2 aliphatic carbocycles. The quantitative estimate of drug-likeness (QED) is 0.717. The maximum absolute atomic E-state index is 13.1. The monoisotopic (exact) mass is 448 g/mol. The molecular weight excluding hydrogens is 407 g/mol. The smallest absolute Gasteiger partial charge is 0.225 e. The molecule has 2 N–H and O–H groups in total. The van der Waals surface area contributed by atoms with Crippen molar-refractivity contribution in [3.8, 4) is 0 Å². The van der Waals surface area contributed by atoms with Crippen LogP contribution in [0.1, 0.15) is 58.8 Å². The van der Waals surface area contributed by atoms with Crippen LogP contribution in [-0.4, -0.2) is 78.0 Å². The van der Waals surface area contributed by atoms with E-state index in [4.69, 9.17) is 5.73 Å². The highest BCUT2D eigenvalue weighted by Gasteiger charge is 2.42. The van der Waals surface area contributed by atoms with Crippen LogP contribution in [0.5, 0.6) is 0 Å². The Hall–Kier alpha value is -0.0700. The fourth-order valence-electron chi connectivity index (χ4n) is 6.39. The van der Waals surface area contributed by atoms with Crippen molar-refractivity contribution in [3.63, 3.8) is 0 Å². The Morgan fingerprint density at radius 3 is 1.97 bits per heavy atom. The Balaban J connectivity index is 0.00000150. The summed E-state index contributed by atoms with van der Waals surface area (Å²) in [5, 5.41) is 0. The van der Waals surface area contributed by atoms with Crippen molar-refractivity contribution in [1.29, 1.82) is 0 Å². The molecule has 0 aromatic rings. The van der Waals surface area contributed by atoms with Gasteiger partial charge in [0.2, 0.25) is 5.91 Å². The van der Waals surface area contributed by atoms with Gasteiger partial charge in [-0.3, -0.25) is 14.6 Å². The molecule has 4 rings (SSSR count). The minimum atomic E-state index is 0. The largest absolute Gasteiger partial charge is 0.340 e. The van der Waals surface area contributed by atoms with Crippen LogP contribution in [0.15, 0.2) is 0 Å². The highest BCUT2D eigenvalue weighted by atomic mass is 35.5. The highest BCUT2D eigenvalue weighted by Crippen LogP contribution is 2.42. The summed E-state index contributed by atoms with van der Waals surface area (Å²) >= 11 is 0. The van der Waals surface area contributed by atoms with Gasteiger partial charge in [0.1, 0.15) is 0 Å². The van der Waals surface area contributed by atoms with E-state index >= 15 is 0 Å². The van der Waals surface area contributed by atoms with Crippen molar-refractivity contribution in [2.45, 2.75) is 76.9 Å². The maximum Gasteiger partial charge on any atom is 0.225 e. The molecule has 29 heavy (non-hydrogen) atoms. The fourth-order valence-corrected chi connectivity index (χ4v) is 6.39. The number of carbonyl (C=O) groups is 1. The zero-order chi connectivity index (χ0) is 19.0. The van der Waals surface area contributed by atoms with Gasteiger partial charge in [0.05, 0.1) is 0 Å². The van der Waals surface area contributed by atoms with Crippen LogP contribution < -0.4 is 5.73 Å². The summed E-state index contributed by atoms with van der Waals surface area (Å²) in [6.45, 7) is 11.0. The van der Waals surface area contributed by atoms with Gasteiger partial charge in [-0.1, -0.05) is 6.42 Å². The predicted molar refractivity (Wildman–Crippen MR) is 124 cm³/mol. The summed E-state index contributed by atoms with van der Waals surface area (Å²) in [5.41, 5.74) is 6.41. The van der Waals surface area contributed by atoms with Gasteiger partial charge in [0.25, 0.3) is 0 Å². The number of fused-ring (bicyclic) bond motifs is 2. The molecule has 2 heterocycles. The van der Waals surface area contributed by atoms with Crippen LogP contribution in [0.3, 0.4) is 0 Å². The van der Waals surface area contributed by atoms with Crippen molar-refractivity contribution in [1.82, 2.24) is 14.7 Å². The first-order valence-corrected chi connectivity index (χ1v) is 11.6. The molecule has 2 aliphatic heterocycles. The minimum Gasteiger partial charge on any atom is -0.340 e. The van der Waals surface area contributed by atoms with Gasteiger partial charge >= 0.3 is 0 Å². The van der Waals surface area contributed by atoms with Crippen LogP contribution in [0.4, 0.5) is 0 Å². The number of hydrogen-bond donors (Lipinski definition) is 1. The highest BCUT2D eigenvalue weighted by molar-refractivity contribution is 5.85. The van der Waals surface area contributed by atoms with E-state index in [0.29, 0.717) is 23.8 Å². The molecule has 0 radical (unpaired) electrons. The molecule has 0 spiro atoms. The molecule has 0 aromatic carbocycles. The molecule has 170 valence electrons. The third kappa shape index (κ3) is 5.60. The maximum atomic E-state index is 13.1. The van der Waals surface area contributed by atoms with Crippen LogP contribution in [0.2, 0.25) is 0 Å². The van der Waals surface area contributed by atoms with E-state index in [-0.39, 0.29) is 30.7 Å². The Labute approximate surface area is 189 Å². The Morgan fingerprint density at radius 2 is 1.41 bits per heavy atom. The second kappa shape index (κ2) is 11.0. The second-order valence-corrected chi connectivity index (χ2v) is 9.88. The van der Waals surface area contributed by atoms with Crippen molar-refractivity contribution < 1.29 is 4.79 Å². The second-order valence-electron chi connectivity index (χ2n) is 9.88. The van der Waals surface area contributed by atoms with E-state index in [1.807, 2.05) is 0 Å². The average Bonchev–Trinajstić information content (AvgIpc) is 2.97. The summed E-state index contributed by atoms with van der Waals surface area (Å²) in [4.78, 5) is 20.5. The number of hydrogen-bond acceptors (Lipinski definition) is 4. The molecule has 5 nitrogen and oxygen atoms in total. The number of nitrogens with zero attached hydrogens (tertiary/aromatic N) is 3. The number of piperazine rings is 1. The first-order chi connectivity index (χ1) is 13.0. The van der Waals surface area contributed by atoms with Gasteiger partial charge in [-0.15, -0.1) is 24.8 Å². The van der Waals surface area contributed by atoms with E-state index in [2.05, 4.69) is 28.5 Å². The zero-order valence-corrected chi connectivity index (χ0v) is 19.9. The first-order valence-electron chi connectivity index (χ1n) is 11.6. The summed E-state index contributed by atoms with van der Waals surface area (Å²) in [6, 6.07) is 1.83. The van der Waals surface area contributed by atoms with Crippen LogP contribution >= 0.6 is 24.8 Å². The summed E-state index contributed by atoms with van der Waals surface area (Å²) in [7, 11) is 0. The molecule has 0 aromatic heterocycles. The van der Waals surface area contributed by atoms with Crippen LogP contribution in [0, 0.1) is 17.8 Å². The normalized spacial score (nSPS) is 38.2. The summed E-state index contributed by atoms with van der Waals surface area (Å²) < 4.78 is 0. The van der Waals surface area contributed by atoms with E-state index in [9.17, 15) is 4.79 Å². The standard InChI is InChI=1S/C22H40N4O.2ClH/c1-16-6-7-17(2)26(16)13-10-24-8-11-25(12-9-24)22(27)20-14-18-4-3-5-19(15-20)21(18)23;;/h16-21H,3-15,23H2,1-2H3;2*1H. The molecule has 4 fully saturated rings. The van der Waals surface area contributed by atoms with E-state index in [1.54, 1.807) is 0 Å². The van der Waals surface area contributed by atoms with Gasteiger partial charge in [-0.25, -0.2) is 0 Å². The molecule has 2 saturated heterocycles. The zero-order valence-electron chi connectivity index (χ0n) is 18.3. The number of amides is 1. The lowest BCUT2D eigenvalue weighted by Crippen LogP contribution is -2.54. The fraction of sp³-hybridized carbons (Fsp3) is 0.955. The van der Waals surface area contributed by atoms with Gasteiger partial charge in [-0.05, 0) is 64.2 Å². The number of rotatable bonds is 4. The third-order valence-electron chi connectivity index (χ3n) is 8.26. The van der Waals surface area contributed by atoms with Gasteiger partial charge in [0, 0.05) is 63.3 Å². The third-order valence-corrected chi connectivity index (χ3v) is 8.26. The SMILES string of the molecule is CC1CCC(C)N1CCN1CCN(C(=O)C2CC3CCCC(C2)C3N)CC1.Cl.Cl.